The number of unbranched alkanes of at least 4 members (excludes halogenated alkanes) is 3. The highest BCUT2D eigenvalue weighted by molar-refractivity contribution is 6.25. The quantitative estimate of drug-likeness (QED) is 0.235. The van der Waals surface area contributed by atoms with Gasteiger partial charge in [-0.15, -0.1) is 10.1 Å². The standard InChI is InChI=1S/C22H20N2O5/c25-22-18-8-4-3-7-17(18)21-20-15(9-10-23-21)13-16(14-19(20)22)28-11-5-1-2-6-12-29-24(26)27/h3-4,7-10,13-14H,1-2,5-6,11-12H2. The lowest BCUT2D eigenvalue weighted by Gasteiger charge is -2.19. The van der Waals surface area contributed by atoms with E-state index < -0.39 is 5.09 Å². The van der Waals surface area contributed by atoms with Crippen molar-refractivity contribution in [3.8, 4) is 17.0 Å². The van der Waals surface area contributed by atoms with E-state index in [1.165, 1.54) is 0 Å². The molecular weight excluding hydrogens is 372 g/mol. The van der Waals surface area contributed by atoms with Crippen LogP contribution < -0.4 is 4.74 Å². The Morgan fingerprint density at radius 3 is 2.48 bits per heavy atom. The first-order valence-electron chi connectivity index (χ1n) is 9.62. The number of benzene rings is 2. The number of carbonyl (C=O) groups is 1. The molecule has 148 valence electrons. The highest BCUT2D eigenvalue weighted by Gasteiger charge is 2.26. The van der Waals surface area contributed by atoms with Crippen molar-refractivity contribution in [3.63, 3.8) is 0 Å². The van der Waals surface area contributed by atoms with Crippen LogP contribution in [0.25, 0.3) is 22.0 Å². The Morgan fingerprint density at radius 1 is 0.931 bits per heavy atom. The van der Waals surface area contributed by atoms with Crippen LogP contribution in [0, 0.1) is 10.1 Å². The minimum absolute atomic E-state index is 0.0117. The maximum Gasteiger partial charge on any atom is 0.294 e. The van der Waals surface area contributed by atoms with Gasteiger partial charge in [0.1, 0.15) is 5.75 Å². The van der Waals surface area contributed by atoms with Gasteiger partial charge in [-0.05, 0) is 36.4 Å². The molecule has 0 spiro atoms. The third-order valence-electron chi connectivity index (χ3n) is 5.01. The maximum atomic E-state index is 13.0. The van der Waals surface area contributed by atoms with E-state index in [-0.39, 0.29) is 12.4 Å². The number of pyridine rings is 1. The first-order chi connectivity index (χ1) is 14.1. The third-order valence-corrected chi connectivity index (χ3v) is 5.01. The molecule has 1 aliphatic rings. The van der Waals surface area contributed by atoms with E-state index in [1.807, 2.05) is 36.4 Å². The molecule has 29 heavy (non-hydrogen) atoms. The molecule has 0 saturated carbocycles. The fraction of sp³-hybridized carbons (Fsp3) is 0.273. The summed E-state index contributed by atoms with van der Waals surface area (Å²) in [6.07, 6.45) is 4.95. The zero-order valence-electron chi connectivity index (χ0n) is 15.8. The zero-order chi connectivity index (χ0) is 20.2. The van der Waals surface area contributed by atoms with Crippen molar-refractivity contribution in [3.05, 3.63) is 69.9 Å². The molecule has 0 radical (unpaired) electrons. The van der Waals surface area contributed by atoms with E-state index in [2.05, 4.69) is 9.82 Å². The van der Waals surface area contributed by atoms with Crippen LogP contribution in [0.1, 0.15) is 41.6 Å². The molecule has 7 heteroatoms. The third kappa shape index (κ3) is 3.89. The number of fused-ring (bicyclic) bond motifs is 2. The molecule has 0 unspecified atom stereocenters. The normalized spacial score (nSPS) is 11.9. The first-order valence-corrected chi connectivity index (χ1v) is 9.62. The van der Waals surface area contributed by atoms with Crippen molar-refractivity contribution in [2.75, 3.05) is 13.2 Å². The Labute approximate surface area is 167 Å². The van der Waals surface area contributed by atoms with E-state index >= 15 is 0 Å². The lowest BCUT2D eigenvalue weighted by atomic mass is 9.85. The summed E-state index contributed by atoms with van der Waals surface area (Å²) in [5, 5.41) is 11.1. The van der Waals surface area contributed by atoms with Gasteiger partial charge < -0.3 is 9.57 Å². The molecular formula is C22H20N2O5. The first kappa shape index (κ1) is 18.9. The molecule has 1 heterocycles. The lowest BCUT2D eigenvalue weighted by molar-refractivity contribution is -0.757. The second kappa shape index (κ2) is 8.26. The van der Waals surface area contributed by atoms with Gasteiger partial charge in [-0.2, -0.15) is 0 Å². The Balaban J connectivity index is 1.45. The zero-order valence-corrected chi connectivity index (χ0v) is 15.8. The number of carbonyl (C=O) groups excluding carboxylic acids is 1. The summed E-state index contributed by atoms with van der Waals surface area (Å²) in [4.78, 5) is 31.9. The number of ether oxygens (including phenoxy) is 1. The second-order valence-corrected chi connectivity index (χ2v) is 6.92. The van der Waals surface area contributed by atoms with E-state index in [9.17, 15) is 14.9 Å². The maximum absolute atomic E-state index is 13.0. The van der Waals surface area contributed by atoms with Gasteiger partial charge in [0.25, 0.3) is 5.09 Å². The molecule has 7 nitrogen and oxygen atoms in total. The smallest absolute Gasteiger partial charge is 0.294 e. The van der Waals surface area contributed by atoms with Gasteiger partial charge in [-0.1, -0.05) is 37.1 Å². The van der Waals surface area contributed by atoms with Crippen LogP contribution >= 0.6 is 0 Å². The van der Waals surface area contributed by atoms with Crippen molar-refractivity contribution in [1.29, 1.82) is 0 Å². The molecule has 1 aliphatic carbocycles. The highest BCUT2D eigenvalue weighted by atomic mass is 16.9. The number of rotatable bonds is 9. The number of ketones is 1. The summed E-state index contributed by atoms with van der Waals surface area (Å²) in [6, 6.07) is 13.2. The SMILES string of the molecule is O=C1c2ccccc2-c2nccc3cc(OCCCCCCO[N+](=O)[O-])cc1c23. The van der Waals surface area contributed by atoms with Crippen LogP contribution in [0.3, 0.4) is 0 Å². The lowest BCUT2D eigenvalue weighted by Crippen LogP contribution is -2.11. The van der Waals surface area contributed by atoms with Gasteiger partial charge in [0.2, 0.25) is 0 Å². The number of hydrogen-bond donors (Lipinski definition) is 0. The Kier molecular flexibility index (Phi) is 5.37. The van der Waals surface area contributed by atoms with Gasteiger partial charge in [0, 0.05) is 28.3 Å². The van der Waals surface area contributed by atoms with Crippen LogP contribution in [-0.4, -0.2) is 29.1 Å². The Hall–Kier alpha value is -3.48. The van der Waals surface area contributed by atoms with Gasteiger partial charge in [-0.25, -0.2) is 0 Å². The van der Waals surface area contributed by atoms with E-state index in [0.717, 1.165) is 41.3 Å². The fourth-order valence-electron chi connectivity index (χ4n) is 3.68. The van der Waals surface area contributed by atoms with Crippen molar-refractivity contribution in [2.24, 2.45) is 0 Å². The van der Waals surface area contributed by atoms with Crippen LogP contribution in [0.4, 0.5) is 0 Å². The summed E-state index contributed by atoms with van der Waals surface area (Å²) >= 11 is 0. The van der Waals surface area contributed by atoms with E-state index in [4.69, 9.17) is 4.74 Å². The van der Waals surface area contributed by atoms with Gasteiger partial charge in [0.05, 0.1) is 18.9 Å². The van der Waals surface area contributed by atoms with Crippen molar-refractivity contribution in [1.82, 2.24) is 4.98 Å². The molecule has 1 aromatic heterocycles. The summed E-state index contributed by atoms with van der Waals surface area (Å²) in [7, 11) is 0. The van der Waals surface area contributed by atoms with Crippen LogP contribution in [0.15, 0.2) is 48.7 Å². The molecule has 0 aliphatic heterocycles. The molecule has 0 amide bonds. The van der Waals surface area contributed by atoms with Crippen molar-refractivity contribution < 1.29 is 19.5 Å². The molecule has 3 aromatic rings. The van der Waals surface area contributed by atoms with Crippen LogP contribution in [-0.2, 0) is 4.84 Å². The average molecular weight is 392 g/mol. The molecule has 0 N–H and O–H groups in total. The van der Waals surface area contributed by atoms with E-state index in [0.29, 0.717) is 29.9 Å². The summed E-state index contributed by atoms with van der Waals surface area (Å²) < 4.78 is 5.89. The summed E-state index contributed by atoms with van der Waals surface area (Å²) in [6.45, 7) is 0.644. The molecule has 0 atom stereocenters. The predicted molar refractivity (Wildman–Crippen MR) is 108 cm³/mol. The number of nitrogens with zero attached hydrogens (tertiary/aromatic N) is 2. The predicted octanol–water partition coefficient (Wildman–Crippen LogP) is 4.59. The topological polar surface area (TPSA) is 91.6 Å². The molecule has 4 rings (SSSR count). The Morgan fingerprint density at radius 2 is 1.69 bits per heavy atom. The number of hydrogen-bond acceptors (Lipinski definition) is 6. The van der Waals surface area contributed by atoms with Crippen molar-refractivity contribution in [2.45, 2.75) is 25.7 Å². The van der Waals surface area contributed by atoms with Crippen molar-refractivity contribution >= 4 is 16.6 Å². The second-order valence-electron chi connectivity index (χ2n) is 6.92. The fourth-order valence-corrected chi connectivity index (χ4v) is 3.68. The molecule has 0 saturated heterocycles. The highest BCUT2D eigenvalue weighted by Crippen LogP contribution is 2.39. The molecule has 0 bridgehead atoms. The van der Waals surface area contributed by atoms with Gasteiger partial charge in [0.15, 0.2) is 5.78 Å². The largest absolute Gasteiger partial charge is 0.494 e. The number of aromatic nitrogens is 1. The molecule has 2 aromatic carbocycles. The summed E-state index contributed by atoms with van der Waals surface area (Å²) in [5.41, 5.74) is 2.98. The Bertz CT molecular complexity index is 1080. The molecule has 0 fully saturated rings. The van der Waals surface area contributed by atoms with E-state index in [1.54, 1.807) is 12.3 Å². The minimum atomic E-state index is -0.768. The summed E-state index contributed by atoms with van der Waals surface area (Å²) in [5.74, 6) is 0.649. The van der Waals surface area contributed by atoms with Gasteiger partial charge >= 0.3 is 0 Å². The minimum Gasteiger partial charge on any atom is -0.494 e. The van der Waals surface area contributed by atoms with Gasteiger partial charge in [-0.3, -0.25) is 9.78 Å². The monoisotopic (exact) mass is 392 g/mol. The van der Waals surface area contributed by atoms with Crippen LogP contribution in [0.2, 0.25) is 0 Å². The average Bonchev–Trinajstić information content (AvgIpc) is 2.73. The van der Waals surface area contributed by atoms with Crippen LogP contribution in [0.5, 0.6) is 5.75 Å².